The molecule has 0 aliphatic rings. The van der Waals surface area contributed by atoms with Gasteiger partial charge in [0, 0.05) is 0 Å². The first-order chi connectivity index (χ1) is 16.3. The number of carboxylic acids is 7. The van der Waals surface area contributed by atoms with Gasteiger partial charge in [-0.3, -0.25) is 9.59 Å². The molecule has 0 heterocycles. The Morgan fingerprint density at radius 1 is 0.564 bits per heavy atom. The maximum absolute atomic E-state index is 10.3. The van der Waals surface area contributed by atoms with Gasteiger partial charge >= 0.3 is 78.7 Å². The smallest absolute Gasteiger partial charge is 0.547 e. The summed E-state index contributed by atoms with van der Waals surface area (Å²) in [6, 6.07) is 0. The van der Waals surface area contributed by atoms with Crippen molar-refractivity contribution < 1.29 is 94.8 Å². The second-order valence-corrected chi connectivity index (χ2v) is 6.46. The second kappa shape index (κ2) is 29.1. The third-order valence-electron chi connectivity index (χ3n) is 2.65. The molecule has 8 N–H and O–H groups in total. The number of carbonyl (C=O) groups excluding carboxylic acids is 4. The van der Waals surface area contributed by atoms with Crippen molar-refractivity contribution in [2.45, 2.75) is 70.6 Å². The number of hydrogen-bond donors (Lipinski definition) is 8. The molecular formula is C18H28CaMgO19. The normalized spacial score (nSPS) is 12.0. The molecule has 0 amide bonds. The molecule has 19 nitrogen and oxygen atoms in total. The van der Waals surface area contributed by atoms with E-state index in [0.29, 0.717) is 0 Å². The van der Waals surface area contributed by atoms with E-state index in [1.807, 2.05) is 0 Å². The van der Waals surface area contributed by atoms with E-state index in [-0.39, 0.29) is 60.8 Å². The summed E-state index contributed by atoms with van der Waals surface area (Å²) < 4.78 is 0. The molecular weight excluding hydrogens is 585 g/mol. The van der Waals surface area contributed by atoms with E-state index >= 15 is 0 Å². The van der Waals surface area contributed by atoms with Crippen LogP contribution in [0.3, 0.4) is 0 Å². The Balaban J connectivity index is -0.0000000683. The van der Waals surface area contributed by atoms with Gasteiger partial charge in [-0.15, -0.1) is 0 Å². The molecule has 39 heavy (non-hydrogen) atoms. The van der Waals surface area contributed by atoms with Crippen LogP contribution in [0.1, 0.15) is 40.5 Å². The predicted octanol–water partition coefficient (Wildman–Crippen LogP) is -9.54. The molecule has 0 fully saturated rings. The van der Waals surface area contributed by atoms with Crippen molar-refractivity contribution in [1.82, 2.24) is 0 Å². The molecule has 21 heteroatoms. The molecule has 0 aromatic rings. The van der Waals surface area contributed by atoms with Gasteiger partial charge in [-0.1, -0.05) is 0 Å². The van der Waals surface area contributed by atoms with Crippen LogP contribution < -0.4 is 20.4 Å². The van der Waals surface area contributed by atoms with Gasteiger partial charge in [0.2, 0.25) is 0 Å². The number of carboxylic acid groups (broad SMARTS) is 7. The summed E-state index contributed by atoms with van der Waals surface area (Å²) in [5.74, 6) is -10.8. The zero-order chi connectivity index (χ0) is 31.3. The van der Waals surface area contributed by atoms with E-state index < -0.39 is 84.6 Å². The van der Waals surface area contributed by atoms with E-state index in [1.54, 1.807) is 0 Å². The van der Waals surface area contributed by atoms with E-state index in [1.165, 1.54) is 0 Å². The maximum Gasteiger partial charge on any atom is 2.00 e. The number of hydrogen-bond acceptors (Lipinski definition) is 16. The monoisotopic (exact) mass is 612 g/mol. The predicted molar refractivity (Wildman–Crippen MR) is 115 cm³/mol. The molecule has 0 radical (unpaired) electrons. The summed E-state index contributed by atoms with van der Waals surface area (Å²) >= 11 is 0. The van der Waals surface area contributed by atoms with Crippen LogP contribution in [0.15, 0.2) is 0 Å². The van der Waals surface area contributed by atoms with Crippen LogP contribution in [0.4, 0.5) is 0 Å². The van der Waals surface area contributed by atoms with Crippen molar-refractivity contribution in [3.8, 4) is 0 Å². The summed E-state index contributed by atoms with van der Waals surface area (Å²) in [7, 11) is 0. The van der Waals surface area contributed by atoms with Crippen molar-refractivity contribution >= 4 is 103 Å². The number of aliphatic carboxylic acids is 7. The summed E-state index contributed by atoms with van der Waals surface area (Å²) in [5, 5.41) is 103. The number of rotatable bonds is 9. The summed E-state index contributed by atoms with van der Waals surface area (Å²) in [6.45, 7) is 4.54. The Hall–Kier alpha value is -1.88. The molecule has 4 atom stereocenters. The van der Waals surface area contributed by atoms with Gasteiger partial charge in [0.25, 0.3) is 0 Å². The van der Waals surface area contributed by atoms with Crippen LogP contribution in [0.5, 0.6) is 0 Å². The fourth-order valence-electron chi connectivity index (χ4n) is 0.714. The number of carbonyl (C=O) groups is 7. The van der Waals surface area contributed by atoms with Gasteiger partial charge in [-0.2, -0.15) is 0 Å². The van der Waals surface area contributed by atoms with Gasteiger partial charge in [-0.05, 0) is 27.7 Å². The van der Waals surface area contributed by atoms with E-state index in [9.17, 15) is 54.0 Å². The maximum atomic E-state index is 10.3. The zero-order valence-corrected chi connectivity index (χ0v) is 24.8. The molecule has 0 saturated heterocycles. The Labute approximate surface area is 266 Å². The van der Waals surface area contributed by atoms with E-state index in [0.717, 1.165) is 27.7 Å². The van der Waals surface area contributed by atoms with Crippen molar-refractivity contribution in [3.05, 3.63) is 0 Å². The van der Waals surface area contributed by atoms with E-state index in [4.69, 9.17) is 40.9 Å². The third-order valence-corrected chi connectivity index (χ3v) is 2.65. The van der Waals surface area contributed by atoms with E-state index in [2.05, 4.69) is 0 Å². The van der Waals surface area contributed by atoms with Gasteiger partial charge in [-0.25, -0.2) is 4.79 Å². The minimum absolute atomic E-state index is 0. The van der Waals surface area contributed by atoms with Crippen molar-refractivity contribution in [2.24, 2.45) is 0 Å². The summed E-state index contributed by atoms with van der Waals surface area (Å²) in [5.41, 5.74) is -2.74. The molecule has 0 spiro atoms. The molecule has 0 rings (SSSR count). The van der Waals surface area contributed by atoms with Gasteiger partial charge in [0.1, 0.15) is 0 Å². The molecule has 0 aliphatic carbocycles. The molecule has 218 valence electrons. The van der Waals surface area contributed by atoms with Gasteiger partial charge < -0.3 is 80.5 Å². The SMILES string of the molecule is CC(O)C(=O)[O-].CC(O)C(=O)[O-].CC(O)C(=O)[O-].CC(O)C(=O)[O-].O=C(O)CC(O)(CC(=O)O)C(=O)O.[Ca+2].[Mg+2]. The summed E-state index contributed by atoms with van der Waals surface area (Å²) in [4.78, 5) is 67.8. The molecule has 4 unspecified atom stereocenters. The minimum Gasteiger partial charge on any atom is -0.547 e. The molecule has 0 aliphatic heterocycles. The van der Waals surface area contributed by atoms with Crippen LogP contribution in [0, 0.1) is 0 Å². The first-order valence-electron chi connectivity index (χ1n) is 9.30. The van der Waals surface area contributed by atoms with Gasteiger partial charge in [0.05, 0.1) is 61.1 Å². The van der Waals surface area contributed by atoms with Crippen LogP contribution in [0.2, 0.25) is 0 Å². The topological polar surface area (TPSA) is 374 Å². The summed E-state index contributed by atoms with van der Waals surface area (Å²) in [6.07, 6.45) is -7.66. The average molecular weight is 613 g/mol. The van der Waals surface area contributed by atoms with Crippen molar-refractivity contribution in [1.29, 1.82) is 0 Å². The second-order valence-electron chi connectivity index (χ2n) is 6.46. The number of aliphatic hydroxyl groups excluding tert-OH is 4. The Kier molecular flexibility index (Phi) is 39.8. The molecule has 0 aromatic carbocycles. The Morgan fingerprint density at radius 3 is 0.744 bits per heavy atom. The first-order valence-corrected chi connectivity index (χ1v) is 9.30. The standard InChI is InChI=1S/C6H8O7.4C3H6O3.Ca.Mg/c7-3(8)1-6(13,5(11)12)2-4(9)10;4*1-2(4)3(5)6;;/h13H,1-2H2,(H,7,8)(H,9,10)(H,11,12);4*2,4H,1H3,(H,5,6);;/q;;;;;2*+2/p-4. The van der Waals surface area contributed by atoms with Crippen LogP contribution in [0.25, 0.3) is 0 Å². The Bertz CT molecular complexity index is 663. The zero-order valence-electron chi connectivity index (χ0n) is 21.2. The fraction of sp³-hybridized carbons (Fsp3) is 0.611. The minimum atomic E-state index is -2.74. The third kappa shape index (κ3) is 46.3. The van der Waals surface area contributed by atoms with Crippen molar-refractivity contribution in [2.75, 3.05) is 0 Å². The number of aliphatic hydroxyl groups is 5. The van der Waals surface area contributed by atoms with Crippen LogP contribution in [-0.2, 0) is 33.6 Å². The Morgan fingerprint density at radius 2 is 0.692 bits per heavy atom. The molecule has 0 bridgehead atoms. The first kappa shape index (κ1) is 53.4. The molecule has 0 saturated carbocycles. The molecule has 0 aromatic heterocycles. The quantitative estimate of drug-likeness (QED) is 0.112. The van der Waals surface area contributed by atoms with Crippen LogP contribution >= 0.6 is 0 Å². The largest absolute Gasteiger partial charge is 2.00 e. The van der Waals surface area contributed by atoms with Gasteiger partial charge in [0.15, 0.2) is 5.60 Å². The average Bonchev–Trinajstić information content (AvgIpc) is 2.68. The van der Waals surface area contributed by atoms with Crippen molar-refractivity contribution in [3.63, 3.8) is 0 Å². The van der Waals surface area contributed by atoms with Crippen LogP contribution in [-0.4, -0.2) is 173 Å². The fourth-order valence-corrected chi connectivity index (χ4v) is 0.714.